The number of carbonyl (C=O) groups excluding carboxylic acids is 1. The summed E-state index contributed by atoms with van der Waals surface area (Å²) in [6.45, 7) is 2.65. The molecule has 2 rings (SSSR count). The summed E-state index contributed by atoms with van der Waals surface area (Å²) < 4.78 is 0. The molecule has 0 bridgehead atoms. The van der Waals surface area contributed by atoms with Gasteiger partial charge in [-0.05, 0) is 36.6 Å². The molecular formula is C14H20ClN3OS. The molecule has 1 aromatic rings. The van der Waals surface area contributed by atoms with Crippen molar-refractivity contribution in [2.45, 2.75) is 44.0 Å². The number of nitrogens with one attached hydrogen (secondary N) is 2. The average molecular weight is 314 g/mol. The van der Waals surface area contributed by atoms with Crippen LogP contribution in [-0.4, -0.2) is 28.1 Å². The van der Waals surface area contributed by atoms with E-state index in [1.807, 2.05) is 17.8 Å². The molecule has 1 fully saturated rings. The van der Waals surface area contributed by atoms with E-state index in [2.05, 4.69) is 22.5 Å². The fourth-order valence-electron chi connectivity index (χ4n) is 2.39. The van der Waals surface area contributed by atoms with Gasteiger partial charge >= 0.3 is 6.03 Å². The van der Waals surface area contributed by atoms with Crippen LogP contribution in [0.3, 0.4) is 0 Å². The molecule has 0 spiro atoms. The number of halogens is 1. The van der Waals surface area contributed by atoms with E-state index >= 15 is 0 Å². The number of thioether (sulfide) groups is 1. The van der Waals surface area contributed by atoms with Crippen molar-refractivity contribution < 1.29 is 4.79 Å². The maximum atomic E-state index is 11.8. The molecule has 2 N–H and O–H groups in total. The number of amides is 2. The van der Waals surface area contributed by atoms with E-state index in [0.717, 1.165) is 24.2 Å². The topological polar surface area (TPSA) is 54.0 Å². The van der Waals surface area contributed by atoms with Gasteiger partial charge in [-0.2, -0.15) is 11.8 Å². The molecule has 0 saturated heterocycles. The predicted molar refractivity (Wildman–Crippen MR) is 84.2 cm³/mol. The Morgan fingerprint density at radius 2 is 2.35 bits per heavy atom. The largest absolute Gasteiger partial charge is 0.335 e. The molecule has 1 aliphatic rings. The van der Waals surface area contributed by atoms with E-state index in [1.54, 1.807) is 12.3 Å². The summed E-state index contributed by atoms with van der Waals surface area (Å²) in [4.78, 5) is 15.8. The monoisotopic (exact) mass is 313 g/mol. The molecular weight excluding hydrogens is 294 g/mol. The van der Waals surface area contributed by atoms with Gasteiger partial charge in [-0.25, -0.2) is 9.78 Å². The third kappa shape index (κ3) is 4.87. The molecule has 0 unspecified atom stereocenters. The van der Waals surface area contributed by atoms with Crippen molar-refractivity contribution >= 4 is 29.4 Å². The minimum Gasteiger partial charge on any atom is -0.335 e. The van der Waals surface area contributed by atoms with Crippen LogP contribution in [0.5, 0.6) is 0 Å². The van der Waals surface area contributed by atoms with Crippen molar-refractivity contribution in [3.05, 3.63) is 29.0 Å². The summed E-state index contributed by atoms with van der Waals surface area (Å²) in [5, 5.41) is 7.05. The Hall–Kier alpha value is -0.940. The Bertz CT molecular complexity index is 441. The maximum absolute atomic E-state index is 11.8. The predicted octanol–water partition coefficient (Wildman–Crippen LogP) is 3.21. The molecule has 1 heterocycles. The number of carbonyl (C=O) groups is 1. The molecule has 0 radical (unpaired) electrons. The van der Waals surface area contributed by atoms with Crippen LogP contribution < -0.4 is 10.6 Å². The van der Waals surface area contributed by atoms with E-state index in [1.165, 1.54) is 6.42 Å². The summed E-state index contributed by atoms with van der Waals surface area (Å²) in [5.74, 6) is 1.15. The van der Waals surface area contributed by atoms with Gasteiger partial charge in [-0.1, -0.05) is 24.6 Å². The highest BCUT2D eigenvalue weighted by molar-refractivity contribution is 7.99. The summed E-state index contributed by atoms with van der Waals surface area (Å²) in [7, 11) is 0. The Balaban J connectivity index is 1.69. The lowest BCUT2D eigenvalue weighted by atomic mass is 10.2. The molecule has 0 aromatic carbocycles. The first-order valence-corrected chi connectivity index (χ1v) is 8.36. The Morgan fingerprint density at radius 1 is 1.50 bits per heavy atom. The van der Waals surface area contributed by atoms with Crippen molar-refractivity contribution in [1.29, 1.82) is 0 Å². The molecule has 1 saturated carbocycles. The number of pyridine rings is 1. The van der Waals surface area contributed by atoms with Gasteiger partial charge in [0.1, 0.15) is 5.15 Å². The molecule has 6 heteroatoms. The number of hydrogen-bond acceptors (Lipinski definition) is 3. The van der Waals surface area contributed by atoms with Gasteiger partial charge < -0.3 is 10.6 Å². The van der Waals surface area contributed by atoms with E-state index < -0.39 is 0 Å². The van der Waals surface area contributed by atoms with Crippen LogP contribution in [0.1, 0.15) is 31.7 Å². The standard InChI is InChI=1S/C14H20ClN3OS/c1-2-20-12-5-4-11(7-12)18-14(19)17-9-10-3-6-13(15)16-8-10/h3,6,8,11-12H,2,4-5,7,9H2,1H3,(H2,17,18,19)/t11-,12+/m0/s1. The molecule has 4 nitrogen and oxygen atoms in total. The van der Waals surface area contributed by atoms with Gasteiger partial charge in [0.15, 0.2) is 0 Å². The van der Waals surface area contributed by atoms with Gasteiger partial charge in [0.05, 0.1) is 0 Å². The minimum absolute atomic E-state index is 0.105. The second-order valence-corrected chi connectivity index (χ2v) is 6.87. The van der Waals surface area contributed by atoms with Crippen LogP contribution in [-0.2, 0) is 6.54 Å². The highest BCUT2D eigenvalue weighted by Crippen LogP contribution is 2.29. The second-order valence-electron chi connectivity index (χ2n) is 4.90. The smallest absolute Gasteiger partial charge is 0.315 e. The van der Waals surface area contributed by atoms with Crippen molar-refractivity contribution in [2.24, 2.45) is 0 Å². The van der Waals surface area contributed by atoms with Gasteiger partial charge in [0, 0.05) is 24.0 Å². The Kier molecular flexibility index (Phi) is 5.98. The maximum Gasteiger partial charge on any atom is 0.315 e. The molecule has 0 aliphatic heterocycles. The summed E-state index contributed by atoms with van der Waals surface area (Å²) in [6, 6.07) is 3.79. The van der Waals surface area contributed by atoms with Crippen molar-refractivity contribution in [3.63, 3.8) is 0 Å². The quantitative estimate of drug-likeness (QED) is 0.821. The van der Waals surface area contributed by atoms with Crippen LogP contribution >= 0.6 is 23.4 Å². The number of hydrogen-bond donors (Lipinski definition) is 2. The third-order valence-corrected chi connectivity index (χ3v) is 4.82. The van der Waals surface area contributed by atoms with E-state index in [-0.39, 0.29) is 6.03 Å². The molecule has 1 aromatic heterocycles. The number of nitrogens with zero attached hydrogens (tertiary/aromatic N) is 1. The van der Waals surface area contributed by atoms with E-state index in [4.69, 9.17) is 11.6 Å². The van der Waals surface area contributed by atoms with Crippen LogP contribution in [0, 0.1) is 0 Å². The van der Waals surface area contributed by atoms with E-state index in [9.17, 15) is 4.79 Å². The van der Waals surface area contributed by atoms with Crippen LogP contribution in [0.4, 0.5) is 4.79 Å². The van der Waals surface area contributed by atoms with Gasteiger partial charge in [-0.15, -0.1) is 0 Å². The lowest BCUT2D eigenvalue weighted by Crippen LogP contribution is -2.40. The highest BCUT2D eigenvalue weighted by Gasteiger charge is 2.25. The number of aromatic nitrogens is 1. The zero-order chi connectivity index (χ0) is 14.4. The van der Waals surface area contributed by atoms with Gasteiger partial charge in [0.2, 0.25) is 0 Å². The summed E-state index contributed by atoms with van der Waals surface area (Å²) >= 11 is 7.70. The third-order valence-electron chi connectivity index (χ3n) is 3.36. The number of urea groups is 1. The van der Waals surface area contributed by atoms with Crippen LogP contribution in [0.2, 0.25) is 5.15 Å². The lowest BCUT2D eigenvalue weighted by molar-refractivity contribution is 0.236. The Labute approximate surface area is 129 Å². The molecule has 110 valence electrons. The van der Waals surface area contributed by atoms with Crippen molar-refractivity contribution in [3.8, 4) is 0 Å². The van der Waals surface area contributed by atoms with Crippen LogP contribution in [0.15, 0.2) is 18.3 Å². The lowest BCUT2D eigenvalue weighted by Gasteiger charge is -2.14. The summed E-state index contributed by atoms with van der Waals surface area (Å²) in [6.07, 6.45) is 5.03. The molecule has 20 heavy (non-hydrogen) atoms. The molecule has 2 atom stereocenters. The van der Waals surface area contributed by atoms with Gasteiger partial charge in [0.25, 0.3) is 0 Å². The first kappa shape index (κ1) is 15.4. The fraction of sp³-hybridized carbons (Fsp3) is 0.571. The SMILES string of the molecule is CCS[C@@H]1CC[C@H](NC(=O)NCc2ccc(Cl)nc2)C1. The molecule has 1 aliphatic carbocycles. The van der Waals surface area contributed by atoms with Crippen molar-refractivity contribution in [2.75, 3.05) is 5.75 Å². The van der Waals surface area contributed by atoms with E-state index in [0.29, 0.717) is 23.0 Å². The zero-order valence-electron chi connectivity index (χ0n) is 11.6. The summed E-state index contributed by atoms with van der Waals surface area (Å²) in [5.41, 5.74) is 0.940. The number of rotatable bonds is 5. The first-order chi connectivity index (χ1) is 9.67. The zero-order valence-corrected chi connectivity index (χ0v) is 13.1. The fourth-order valence-corrected chi connectivity index (χ4v) is 3.64. The highest BCUT2D eigenvalue weighted by atomic mass is 35.5. The second kappa shape index (κ2) is 7.74. The minimum atomic E-state index is -0.105. The first-order valence-electron chi connectivity index (χ1n) is 6.93. The normalized spacial score (nSPS) is 21.7. The van der Waals surface area contributed by atoms with Crippen molar-refractivity contribution in [1.82, 2.24) is 15.6 Å². The van der Waals surface area contributed by atoms with Gasteiger partial charge in [-0.3, -0.25) is 0 Å². The Morgan fingerprint density at radius 3 is 3.05 bits per heavy atom. The average Bonchev–Trinajstić information content (AvgIpc) is 2.86. The van der Waals surface area contributed by atoms with Crippen LogP contribution in [0.25, 0.3) is 0 Å². The molecule has 2 amide bonds.